The molecule has 2 fully saturated rings. The van der Waals surface area contributed by atoms with E-state index in [9.17, 15) is 9.90 Å². The van der Waals surface area contributed by atoms with Crippen LogP contribution in [0.4, 0.5) is 0 Å². The standard InChI is InChI=1S/C21H23NO2.C7H8/c23-20-10-18-12-22(13-19(18)11-20)14-21(24)17-8-4-7-16(9-17)15-5-2-1-3-6-15;1-7-5-3-2-4-6-7/h1-9,18-20,23H,10-14H2;2-6H,1H3/t18-,19+,20?;. The summed E-state index contributed by atoms with van der Waals surface area (Å²) in [5.74, 6) is 1.33. The Morgan fingerprint density at radius 1 is 0.839 bits per heavy atom. The number of aliphatic hydroxyl groups excluding tert-OH is 1. The van der Waals surface area contributed by atoms with Crippen LogP contribution in [0.5, 0.6) is 0 Å². The molecular formula is C28H31NO2. The maximum absolute atomic E-state index is 12.7. The molecule has 0 radical (unpaired) electrons. The van der Waals surface area contributed by atoms with Crippen LogP contribution in [0.15, 0.2) is 84.9 Å². The average molecular weight is 414 g/mol. The SMILES string of the molecule is Cc1ccccc1.O=C(CN1C[C@H]2CC(O)C[C@H]2C1)c1cccc(-c2ccccc2)c1. The van der Waals surface area contributed by atoms with Gasteiger partial charge in [0, 0.05) is 18.7 Å². The first kappa shape index (κ1) is 21.5. The molecule has 0 aromatic heterocycles. The highest BCUT2D eigenvalue weighted by atomic mass is 16.3. The van der Waals surface area contributed by atoms with Crippen molar-refractivity contribution < 1.29 is 9.90 Å². The number of fused-ring (bicyclic) bond motifs is 1. The zero-order valence-corrected chi connectivity index (χ0v) is 18.2. The van der Waals surface area contributed by atoms with Crippen LogP contribution in [-0.4, -0.2) is 41.5 Å². The first-order valence-electron chi connectivity index (χ1n) is 11.2. The number of Topliss-reactive ketones (excluding diaryl/α,β-unsaturated/α-hetero) is 1. The van der Waals surface area contributed by atoms with E-state index in [2.05, 4.69) is 36.1 Å². The van der Waals surface area contributed by atoms with E-state index in [-0.39, 0.29) is 11.9 Å². The van der Waals surface area contributed by atoms with Gasteiger partial charge in [0.15, 0.2) is 5.78 Å². The number of ketones is 1. The Morgan fingerprint density at radius 3 is 2.00 bits per heavy atom. The molecule has 2 aliphatic rings. The molecule has 3 aromatic carbocycles. The fourth-order valence-corrected chi connectivity index (χ4v) is 4.83. The monoisotopic (exact) mass is 413 g/mol. The lowest BCUT2D eigenvalue weighted by Crippen LogP contribution is -2.29. The third kappa shape index (κ3) is 5.69. The molecule has 1 heterocycles. The lowest BCUT2D eigenvalue weighted by molar-refractivity contribution is 0.0935. The minimum Gasteiger partial charge on any atom is -0.393 e. The Bertz CT molecular complexity index is 972. The molecule has 3 aromatic rings. The number of aryl methyl sites for hydroxylation is 1. The summed E-state index contributed by atoms with van der Waals surface area (Å²) in [6.07, 6.45) is 1.68. The lowest BCUT2D eigenvalue weighted by Gasteiger charge is -2.17. The zero-order valence-electron chi connectivity index (χ0n) is 18.2. The maximum Gasteiger partial charge on any atom is 0.176 e. The van der Waals surface area contributed by atoms with Crippen LogP contribution in [-0.2, 0) is 0 Å². The van der Waals surface area contributed by atoms with Crippen molar-refractivity contribution in [2.24, 2.45) is 11.8 Å². The predicted octanol–water partition coefficient (Wildman–Crippen LogP) is 5.23. The van der Waals surface area contributed by atoms with E-state index >= 15 is 0 Å². The number of carbonyl (C=O) groups is 1. The topological polar surface area (TPSA) is 40.5 Å². The molecule has 0 bridgehead atoms. The van der Waals surface area contributed by atoms with Gasteiger partial charge in [-0.25, -0.2) is 0 Å². The fraction of sp³-hybridized carbons (Fsp3) is 0.321. The van der Waals surface area contributed by atoms with Gasteiger partial charge in [0.2, 0.25) is 0 Å². The summed E-state index contributed by atoms with van der Waals surface area (Å²) in [5, 5.41) is 9.73. The molecule has 31 heavy (non-hydrogen) atoms. The van der Waals surface area contributed by atoms with Crippen molar-refractivity contribution in [1.82, 2.24) is 4.90 Å². The van der Waals surface area contributed by atoms with Crippen LogP contribution in [0.3, 0.4) is 0 Å². The quantitative estimate of drug-likeness (QED) is 0.595. The van der Waals surface area contributed by atoms with Gasteiger partial charge in [-0.1, -0.05) is 84.4 Å². The summed E-state index contributed by atoms with van der Waals surface area (Å²) in [6.45, 7) is 4.47. The Morgan fingerprint density at radius 2 is 1.42 bits per heavy atom. The number of benzene rings is 3. The molecular weight excluding hydrogens is 382 g/mol. The lowest BCUT2D eigenvalue weighted by atomic mass is 10.0. The number of hydrogen-bond acceptors (Lipinski definition) is 3. The third-order valence-corrected chi connectivity index (χ3v) is 6.40. The molecule has 3 atom stereocenters. The van der Waals surface area contributed by atoms with E-state index < -0.39 is 0 Å². The fourth-order valence-electron chi connectivity index (χ4n) is 4.83. The van der Waals surface area contributed by atoms with Crippen LogP contribution in [0, 0.1) is 18.8 Å². The van der Waals surface area contributed by atoms with Crippen LogP contribution in [0.1, 0.15) is 28.8 Å². The van der Waals surface area contributed by atoms with Crippen molar-refractivity contribution in [1.29, 1.82) is 0 Å². The number of likely N-dealkylation sites (tertiary alicyclic amines) is 1. The maximum atomic E-state index is 12.7. The van der Waals surface area contributed by atoms with Gasteiger partial charge in [-0.05, 0) is 48.8 Å². The van der Waals surface area contributed by atoms with Crippen molar-refractivity contribution >= 4 is 5.78 Å². The molecule has 160 valence electrons. The van der Waals surface area contributed by atoms with Crippen molar-refractivity contribution in [2.45, 2.75) is 25.9 Å². The molecule has 1 saturated carbocycles. The highest BCUT2D eigenvalue weighted by molar-refractivity contribution is 5.98. The van der Waals surface area contributed by atoms with E-state index in [0.29, 0.717) is 18.4 Å². The Hall–Kier alpha value is -2.75. The number of carbonyl (C=O) groups excluding carboxylic acids is 1. The minimum atomic E-state index is -0.125. The molecule has 1 saturated heterocycles. The number of hydrogen-bond donors (Lipinski definition) is 1. The third-order valence-electron chi connectivity index (χ3n) is 6.40. The van der Waals surface area contributed by atoms with Gasteiger partial charge in [0.25, 0.3) is 0 Å². The summed E-state index contributed by atoms with van der Waals surface area (Å²) >= 11 is 0. The van der Waals surface area contributed by atoms with E-state index in [1.165, 1.54) is 5.56 Å². The van der Waals surface area contributed by atoms with Gasteiger partial charge in [-0.2, -0.15) is 0 Å². The Labute approximate surface area is 185 Å². The molecule has 1 N–H and O–H groups in total. The van der Waals surface area contributed by atoms with Crippen molar-refractivity contribution in [3.63, 3.8) is 0 Å². The van der Waals surface area contributed by atoms with E-state index in [1.54, 1.807) is 0 Å². The predicted molar refractivity (Wildman–Crippen MR) is 126 cm³/mol. The second-order valence-electron chi connectivity index (χ2n) is 8.86. The van der Waals surface area contributed by atoms with E-state index in [4.69, 9.17) is 0 Å². The first-order chi connectivity index (χ1) is 15.1. The number of rotatable bonds is 4. The number of nitrogens with zero attached hydrogens (tertiary/aromatic N) is 1. The zero-order chi connectivity index (χ0) is 21.6. The van der Waals surface area contributed by atoms with Gasteiger partial charge >= 0.3 is 0 Å². The molecule has 1 aliphatic heterocycles. The molecule has 1 unspecified atom stereocenters. The Balaban J connectivity index is 0.000000282. The second kappa shape index (κ2) is 10.0. The molecule has 3 nitrogen and oxygen atoms in total. The molecule has 1 aliphatic carbocycles. The Kier molecular flexibility index (Phi) is 6.96. The highest BCUT2D eigenvalue weighted by Gasteiger charge is 2.40. The van der Waals surface area contributed by atoms with Crippen molar-refractivity contribution in [2.75, 3.05) is 19.6 Å². The largest absolute Gasteiger partial charge is 0.393 e. The van der Waals surface area contributed by atoms with Gasteiger partial charge in [0.05, 0.1) is 12.6 Å². The molecule has 5 rings (SSSR count). The van der Waals surface area contributed by atoms with Crippen LogP contribution >= 0.6 is 0 Å². The van der Waals surface area contributed by atoms with Crippen LogP contribution < -0.4 is 0 Å². The van der Waals surface area contributed by atoms with Gasteiger partial charge < -0.3 is 5.11 Å². The summed E-state index contributed by atoms with van der Waals surface area (Å²) in [7, 11) is 0. The van der Waals surface area contributed by atoms with Gasteiger partial charge in [0.1, 0.15) is 0 Å². The molecule has 0 amide bonds. The van der Waals surface area contributed by atoms with Crippen molar-refractivity contribution in [3.8, 4) is 11.1 Å². The normalized spacial score (nSPS) is 22.5. The molecule has 0 spiro atoms. The average Bonchev–Trinajstić information content (AvgIpc) is 3.32. The van der Waals surface area contributed by atoms with Gasteiger partial charge in [-0.3, -0.25) is 9.69 Å². The smallest absolute Gasteiger partial charge is 0.176 e. The first-order valence-corrected chi connectivity index (χ1v) is 11.2. The van der Waals surface area contributed by atoms with E-state index in [1.807, 2.05) is 60.7 Å². The number of aliphatic hydroxyl groups is 1. The summed E-state index contributed by atoms with van der Waals surface area (Å²) in [5.41, 5.74) is 4.33. The highest BCUT2D eigenvalue weighted by Crippen LogP contribution is 2.38. The van der Waals surface area contributed by atoms with Crippen LogP contribution in [0.2, 0.25) is 0 Å². The molecule has 3 heteroatoms. The minimum absolute atomic E-state index is 0.125. The van der Waals surface area contributed by atoms with E-state index in [0.717, 1.165) is 42.6 Å². The van der Waals surface area contributed by atoms with Crippen LogP contribution in [0.25, 0.3) is 11.1 Å². The summed E-state index contributed by atoms with van der Waals surface area (Å²) < 4.78 is 0. The second-order valence-corrected chi connectivity index (χ2v) is 8.86. The summed E-state index contributed by atoms with van der Waals surface area (Å²) in [4.78, 5) is 14.9. The van der Waals surface area contributed by atoms with Crippen molar-refractivity contribution in [3.05, 3.63) is 96.1 Å². The summed E-state index contributed by atoms with van der Waals surface area (Å²) in [6, 6.07) is 28.3. The van der Waals surface area contributed by atoms with Gasteiger partial charge in [-0.15, -0.1) is 0 Å².